The lowest BCUT2D eigenvalue weighted by atomic mass is 9.61. The van der Waals surface area contributed by atoms with Crippen LogP contribution in [-0.4, -0.2) is 16.6 Å². The van der Waals surface area contributed by atoms with E-state index in [2.05, 4.69) is 6.08 Å². The van der Waals surface area contributed by atoms with Crippen LogP contribution in [0.5, 0.6) is 0 Å². The highest BCUT2D eigenvalue weighted by molar-refractivity contribution is 6.08. The molecule has 1 saturated carbocycles. The van der Waals surface area contributed by atoms with Gasteiger partial charge in [-0.05, 0) is 24.0 Å². The highest BCUT2D eigenvalue weighted by atomic mass is 16.2. The number of rotatable bonds is 3. The monoisotopic (exact) mass is 345 g/mol. The predicted molar refractivity (Wildman–Crippen MR) is 101 cm³/mol. The standard InChI is InChI=1S/C23H23NO2/c25-21-13-7-8-15-23(21)20(19-11-5-2-6-12-19)14-16-24(22(23)26)17-18-9-3-1-4-10-18/h1-6,9-12,14,16,20H,7-8,13,15,17H2/t20-,23-/m1/s1. The molecule has 132 valence electrons. The van der Waals surface area contributed by atoms with Crippen molar-refractivity contribution in [1.29, 1.82) is 0 Å². The Morgan fingerprint density at radius 2 is 1.62 bits per heavy atom. The quantitative estimate of drug-likeness (QED) is 0.771. The molecule has 1 amide bonds. The molecule has 3 heteroatoms. The van der Waals surface area contributed by atoms with Gasteiger partial charge < -0.3 is 4.90 Å². The molecule has 0 aromatic heterocycles. The lowest BCUT2D eigenvalue weighted by Crippen LogP contribution is -2.53. The van der Waals surface area contributed by atoms with Crippen molar-refractivity contribution in [3.05, 3.63) is 84.1 Å². The Hall–Kier alpha value is -2.68. The fourth-order valence-corrected chi connectivity index (χ4v) is 4.38. The van der Waals surface area contributed by atoms with E-state index in [1.165, 1.54) is 0 Å². The van der Waals surface area contributed by atoms with E-state index in [0.29, 0.717) is 19.4 Å². The summed E-state index contributed by atoms with van der Waals surface area (Å²) in [7, 11) is 0. The van der Waals surface area contributed by atoms with Crippen molar-refractivity contribution in [3.63, 3.8) is 0 Å². The first kappa shape index (κ1) is 16.8. The second-order valence-electron chi connectivity index (χ2n) is 7.25. The Labute approximate surface area is 154 Å². The van der Waals surface area contributed by atoms with Gasteiger partial charge in [0, 0.05) is 18.5 Å². The molecule has 3 nitrogen and oxygen atoms in total. The minimum atomic E-state index is -0.941. The first-order chi connectivity index (χ1) is 12.7. The molecule has 1 aliphatic carbocycles. The van der Waals surface area contributed by atoms with Crippen molar-refractivity contribution >= 4 is 11.7 Å². The number of Topliss-reactive ketones (excluding diaryl/α,β-unsaturated/α-hetero) is 1. The third-order valence-electron chi connectivity index (χ3n) is 5.71. The van der Waals surface area contributed by atoms with Crippen LogP contribution in [0.4, 0.5) is 0 Å². The van der Waals surface area contributed by atoms with E-state index < -0.39 is 5.41 Å². The van der Waals surface area contributed by atoms with Gasteiger partial charge in [-0.1, -0.05) is 73.2 Å². The van der Waals surface area contributed by atoms with Gasteiger partial charge in [0.25, 0.3) is 0 Å². The van der Waals surface area contributed by atoms with Gasteiger partial charge in [0.1, 0.15) is 11.2 Å². The van der Waals surface area contributed by atoms with Gasteiger partial charge >= 0.3 is 0 Å². The van der Waals surface area contributed by atoms with Crippen molar-refractivity contribution in [2.24, 2.45) is 5.41 Å². The minimum absolute atomic E-state index is 0.0394. The molecule has 1 aliphatic heterocycles. The maximum atomic E-state index is 13.6. The highest BCUT2D eigenvalue weighted by Crippen LogP contribution is 2.49. The van der Waals surface area contributed by atoms with Crippen LogP contribution in [0.25, 0.3) is 0 Å². The third kappa shape index (κ3) is 2.78. The van der Waals surface area contributed by atoms with Crippen molar-refractivity contribution < 1.29 is 9.59 Å². The molecule has 2 aromatic rings. The SMILES string of the molecule is O=C1CCCC[C@]12C(=O)N(Cc1ccccc1)C=C[C@@H]2c1ccccc1. The first-order valence-corrected chi connectivity index (χ1v) is 9.33. The van der Waals surface area contributed by atoms with Crippen molar-refractivity contribution in [1.82, 2.24) is 4.90 Å². The Balaban J connectivity index is 1.75. The number of carbonyl (C=O) groups excluding carboxylic acids is 2. The Morgan fingerprint density at radius 1 is 0.923 bits per heavy atom. The zero-order valence-electron chi connectivity index (χ0n) is 14.8. The zero-order valence-corrected chi connectivity index (χ0v) is 14.8. The summed E-state index contributed by atoms with van der Waals surface area (Å²) in [4.78, 5) is 28.4. The van der Waals surface area contributed by atoms with Crippen LogP contribution in [0.1, 0.15) is 42.7 Å². The number of benzene rings is 2. The summed E-state index contributed by atoms with van der Waals surface area (Å²) in [5.41, 5.74) is 1.18. The van der Waals surface area contributed by atoms with E-state index in [1.54, 1.807) is 4.90 Å². The molecule has 0 bridgehead atoms. The Morgan fingerprint density at radius 3 is 2.31 bits per heavy atom. The van der Waals surface area contributed by atoms with Crippen molar-refractivity contribution in [2.45, 2.75) is 38.1 Å². The van der Waals surface area contributed by atoms with Gasteiger partial charge in [0.2, 0.25) is 5.91 Å². The molecule has 1 fully saturated rings. The Kier molecular flexibility index (Phi) is 4.46. The molecule has 26 heavy (non-hydrogen) atoms. The summed E-state index contributed by atoms with van der Waals surface area (Å²) in [5, 5.41) is 0. The summed E-state index contributed by atoms with van der Waals surface area (Å²) in [5.74, 6) is -0.108. The second kappa shape index (κ2) is 6.91. The van der Waals surface area contributed by atoms with Gasteiger partial charge in [0.05, 0.1) is 6.54 Å². The summed E-state index contributed by atoms with van der Waals surface area (Å²) < 4.78 is 0. The average molecular weight is 345 g/mol. The topological polar surface area (TPSA) is 37.4 Å². The van der Waals surface area contributed by atoms with Crippen LogP contribution in [0.2, 0.25) is 0 Å². The molecule has 1 heterocycles. The highest BCUT2D eigenvalue weighted by Gasteiger charge is 2.54. The van der Waals surface area contributed by atoms with Crippen LogP contribution < -0.4 is 0 Å². The van der Waals surface area contributed by atoms with Crippen LogP contribution in [0.15, 0.2) is 72.9 Å². The molecule has 2 aliphatic rings. The number of amides is 1. The molecular weight excluding hydrogens is 322 g/mol. The Bertz CT molecular complexity index is 828. The second-order valence-corrected chi connectivity index (χ2v) is 7.25. The maximum absolute atomic E-state index is 13.6. The molecule has 4 rings (SSSR count). The van der Waals surface area contributed by atoms with Gasteiger partial charge in [-0.15, -0.1) is 0 Å². The predicted octanol–water partition coefficient (Wildman–Crippen LogP) is 4.46. The number of carbonyl (C=O) groups is 2. The van der Waals surface area contributed by atoms with Gasteiger partial charge in [-0.3, -0.25) is 9.59 Å². The van der Waals surface area contributed by atoms with E-state index in [-0.39, 0.29) is 17.6 Å². The van der Waals surface area contributed by atoms with E-state index in [4.69, 9.17) is 0 Å². The smallest absolute Gasteiger partial charge is 0.241 e. The van der Waals surface area contributed by atoms with Crippen LogP contribution >= 0.6 is 0 Å². The van der Waals surface area contributed by atoms with Crippen molar-refractivity contribution in [2.75, 3.05) is 0 Å². The summed E-state index contributed by atoms with van der Waals surface area (Å²) >= 11 is 0. The van der Waals surface area contributed by atoms with Gasteiger partial charge in [-0.2, -0.15) is 0 Å². The molecule has 0 unspecified atom stereocenters. The molecule has 2 aromatic carbocycles. The van der Waals surface area contributed by atoms with Crippen molar-refractivity contribution in [3.8, 4) is 0 Å². The molecule has 0 saturated heterocycles. The number of hydrogen-bond acceptors (Lipinski definition) is 2. The lowest BCUT2D eigenvalue weighted by Gasteiger charge is -2.45. The normalized spacial score (nSPS) is 25.7. The van der Waals surface area contributed by atoms with Crippen LogP contribution in [0, 0.1) is 5.41 Å². The average Bonchev–Trinajstić information content (AvgIpc) is 2.69. The number of ketones is 1. The number of hydrogen-bond donors (Lipinski definition) is 0. The molecule has 1 spiro atoms. The number of nitrogens with zero attached hydrogens (tertiary/aromatic N) is 1. The van der Waals surface area contributed by atoms with E-state index >= 15 is 0 Å². The van der Waals surface area contributed by atoms with Gasteiger partial charge in [-0.25, -0.2) is 0 Å². The summed E-state index contributed by atoms with van der Waals surface area (Å²) in [6, 6.07) is 19.9. The maximum Gasteiger partial charge on any atom is 0.241 e. The molecular formula is C23H23NO2. The first-order valence-electron chi connectivity index (χ1n) is 9.33. The lowest BCUT2D eigenvalue weighted by molar-refractivity contribution is -0.152. The van der Waals surface area contributed by atoms with E-state index in [9.17, 15) is 9.59 Å². The van der Waals surface area contributed by atoms with Crippen LogP contribution in [-0.2, 0) is 16.1 Å². The fraction of sp³-hybridized carbons (Fsp3) is 0.304. The fourth-order valence-electron chi connectivity index (χ4n) is 4.38. The molecule has 0 radical (unpaired) electrons. The largest absolute Gasteiger partial charge is 0.314 e. The molecule has 0 N–H and O–H groups in total. The summed E-state index contributed by atoms with van der Waals surface area (Å²) in [6.07, 6.45) is 6.89. The van der Waals surface area contributed by atoms with Crippen LogP contribution in [0.3, 0.4) is 0 Å². The van der Waals surface area contributed by atoms with E-state index in [0.717, 1.165) is 24.0 Å². The zero-order chi connectivity index (χ0) is 18.0. The summed E-state index contributed by atoms with van der Waals surface area (Å²) in [6.45, 7) is 0.507. The number of allylic oxidation sites excluding steroid dienone is 1. The third-order valence-corrected chi connectivity index (χ3v) is 5.71. The van der Waals surface area contributed by atoms with Gasteiger partial charge in [0.15, 0.2) is 0 Å². The van der Waals surface area contributed by atoms with E-state index in [1.807, 2.05) is 66.9 Å². The molecule has 2 atom stereocenters. The minimum Gasteiger partial charge on any atom is -0.314 e.